The van der Waals surface area contributed by atoms with Crippen molar-refractivity contribution in [1.29, 1.82) is 5.26 Å². The quantitative estimate of drug-likeness (QED) is 0.838. The van der Waals surface area contributed by atoms with E-state index < -0.39 is 0 Å². The predicted octanol–water partition coefficient (Wildman–Crippen LogP) is 1.08. The lowest BCUT2D eigenvalue weighted by molar-refractivity contribution is 0.396. The largest absolute Gasteiger partial charge is 0.481 e. The highest BCUT2D eigenvalue weighted by Gasteiger charge is 2.20. The van der Waals surface area contributed by atoms with E-state index in [-0.39, 0.29) is 0 Å². The van der Waals surface area contributed by atoms with E-state index in [0.29, 0.717) is 17.5 Å². The summed E-state index contributed by atoms with van der Waals surface area (Å²) in [7, 11) is 1.60. The van der Waals surface area contributed by atoms with Crippen molar-refractivity contribution < 1.29 is 4.74 Å². The van der Waals surface area contributed by atoms with Gasteiger partial charge in [0.2, 0.25) is 11.8 Å². The lowest BCUT2D eigenvalue weighted by Gasteiger charge is -2.35. The Balaban J connectivity index is 1.68. The average molecular weight is 296 g/mol. The number of nitriles is 1. The Bertz CT molecular complexity index is 690. The van der Waals surface area contributed by atoms with Crippen molar-refractivity contribution in [3.8, 4) is 11.9 Å². The van der Waals surface area contributed by atoms with Gasteiger partial charge in [0.25, 0.3) is 0 Å². The highest BCUT2D eigenvalue weighted by atomic mass is 16.5. The number of aromatic nitrogens is 3. The number of hydrogen-bond acceptors (Lipinski definition) is 7. The van der Waals surface area contributed by atoms with Gasteiger partial charge in [-0.2, -0.15) is 10.2 Å². The van der Waals surface area contributed by atoms with Crippen molar-refractivity contribution >= 4 is 11.8 Å². The van der Waals surface area contributed by atoms with Gasteiger partial charge in [-0.15, -0.1) is 0 Å². The number of nitrogens with zero attached hydrogens (tertiary/aromatic N) is 6. The highest BCUT2D eigenvalue weighted by molar-refractivity contribution is 5.44. The number of pyridine rings is 1. The van der Waals surface area contributed by atoms with Crippen molar-refractivity contribution in [3.05, 3.63) is 36.2 Å². The molecule has 3 rings (SSSR count). The maximum Gasteiger partial charge on any atom is 0.228 e. The molecule has 1 fully saturated rings. The summed E-state index contributed by atoms with van der Waals surface area (Å²) < 4.78 is 5.13. The number of anilines is 2. The van der Waals surface area contributed by atoms with Crippen LogP contribution in [-0.4, -0.2) is 48.2 Å². The molecule has 1 saturated heterocycles. The number of methoxy groups -OCH3 is 1. The maximum absolute atomic E-state index is 8.93. The van der Waals surface area contributed by atoms with Crippen LogP contribution in [0.4, 0.5) is 11.8 Å². The highest BCUT2D eigenvalue weighted by Crippen LogP contribution is 2.18. The number of hydrogen-bond donors (Lipinski definition) is 0. The summed E-state index contributed by atoms with van der Waals surface area (Å²) in [6.45, 7) is 3.21. The Labute approximate surface area is 128 Å². The molecule has 1 aliphatic heterocycles. The summed E-state index contributed by atoms with van der Waals surface area (Å²) in [5.41, 5.74) is 0.441. The molecule has 0 radical (unpaired) electrons. The Morgan fingerprint density at radius 1 is 1.09 bits per heavy atom. The minimum Gasteiger partial charge on any atom is -0.481 e. The molecular formula is C15H16N6O. The third-order valence-electron chi connectivity index (χ3n) is 3.56. The molecule has 0 bridgehead atoms. The van der Waals surface area contributed by atoms with E-state index in [1.54, 1.807) is 25.4 Å². The molecule has 7 nitrogen and oxygen atoms in total. The third kappa shape index (κ3) is 2.91. The van der Waals surface area contributed by atoms with Crippen molar-refractivity contribution in [2.24, 2.45) is 0 Å². The van der Waals surface area contributed by atoms with Gasteiger partial charge in [0.15, 0.2) is 0 Å². The smallest absolute Gasteiger partial charge is 0.228 e. The van der Waals surface area contributed by atoms with E-state index in [0.717, 1.165) is 32.0 Å². The van der Waals surface area contributed by atoms with E-state index in [1.165, 1.54) is 0 Å². The van der Waals surface area contributed by atoms with Crippen LogP contribution in [0.2, 0.25) is 0 Å². The molecule has 112 valence electrons. The van der Waals surface area contributed by atoms with Crippen molar-refractivity contribution in [3.63, 3.8) is 0 Å². The van der Waals surface area contributed by atoms with Crippen molar-refractivity contribution in [2.75, 3.05) is 43.1 Å². The summed E-state index contributed by atoms with van der Waals surface area (Å²) in [6.07, 6.45) is 1.70. The second-order valence-corrected chi connectivity index (χ2v) is 4.87. The van der Waals surface area contributed by atoms with Gasteiger partial charge >= 0.3 is 0 Å². The molecule has 2 aromatic rings. The molecule has 0 spiro atoms. The van der Waals surface area contributed by atoms with E-state index in [1.807, 2.05) is 12.1 Å². The summed E-state index contributed by atoms with van der Waals surface area (Å²) in [5, 5.41) is 8.93. The second-order valence-electron chi connectivity index (χ2n) is 4.87. The Kier molecular flexibility index (Phi) is 4.01. The molecule has 3 heterocycles. The Morgan fingerprint density at radius 3 is 2.59 bits per heavy atom. The number of ether oxygens (including phenoxy) is 1. The van der Waals surface area contributed by atoms with Gasteiger partial charge in [-0.25, -0.2) is 9.97 Å². The predicted molar refractivity (Wildman–Crippen MR) is 82.0 cm³/mol. The van der Waals surface area contributed by atoms with Crippen LogP contribution in [-0.2, 0) is 0 Å². The van der Waals surface area contributed by atoms with Gasteiger partial charge in [-0.05, 0) is 12.1 Å². The SMILES string of the molecule is COc1ccnc(N2CCN(c3cccc(C#N)n3)CC2)n1. The molecule has 2 aromatic heterocycles. The summed E-state index contributed by atoms with van der Waals surface area (Å²) in [4.78, 5) is 17.3. The van der Waals surface area contributed by atoms with E-state index in [2.05, 4.69) is 30.8 Å². The Morgan fingerprint density at radius 2 is 1.86 bits per heavy atom. The standard InChI is InChI=1S/C15H16N6O/c1-22-14-5-6-17-15(19-14)21-9-7-20(8-10-21)13-4-2-3-12(11-16)18-13/h2-6H,7-10H2,1H3. The topological polar surface area (TPSA) is 78.2 Å². The average Bonchev–Trinajstić information content (AvgIpc) is 2.62. The van der Waals surface area contributed by atoms with Crippen molar-refractivity contribution in [2.45, 2.75) is 0 Å². The summed E-state index contributed by atoms with van der Waals surface area (Å²) >= 11 is 0. The summed E-state index contributed by atoms with van der Waals surface area (Å²) in [5.74, 6) is 2.08. The van der Waals surface area contributed by atoms with Gasteiger partial charge in [-0.3, -0.25) is 0 Å². The molecule has 1 aliphatic rings. The molecule has 0 atom stereocenters. The van der Waals surface area contributed by atoms with Crippen LogP contribution in [0.3, 0.4) is 0 Å². The lowest BCUT2D eigenvalue weighted by atomic mass is 10.3. The fraction of sp³-hybridized carbons (Fsp3) is 0.333. The molecular weight excluding hydrogens is 280 g/mol. The zero-order chi connectivity index (χ0) is 15.4. The van der Waals surface area contributed by atoms with Crippen LogP contribution in [0.5, 0.6) is 5.88 Å². The van der Waals surface area contributed by atoms with Crippen LogP contribution >= 0.6 is 0 Å². The first-order valence-corrected chi connectivity index (χ1v) is 7.04. The zero-order valence-corrected chi connectivity index (χ0v) is 12.3. The van der Waals surface area contributed by atoms with Gasteiger partial charge in [-0.1, -0.05) is 6.07 Å². The number of piperazine rings is 1. The minimum atomic E-state index is 0.441. The minimum absolute atomic E-state index is 0.441. The van der Waals surface area contributed by atoms with Crippen molar-refractivity contribution in [1.82, 2.24) is 15.0 Å². The first-order valence-electron chi connectivity index (χ1n) is 7.04. The fourth-order valence-electron chi connectivity index (χ4n) is 2.40. The van der Waals surface area contributed by atoms with Gasteiger partial charge < -0.3 is 14.5 Å². The number of rotatable bonds is 3. The van der Waals surface area contributed by atoms with Gasteiger partial charge in [0.1, 0.15) is 17.6 Å². The first kappa shape index (κ1) is 14.1. The van der Waals surface area contributed by atoms with Crippen LogP contribution < -0.4 is 14.5 Å². The fourth-order valence-corrected chi connectivity index (χ4v) is 2.40. The van der Waals surface area contributed by atoms with Crippen LogP contribution in [0.25, 0.3) is 0 Å². The summed E-state index contributed by atoms with van der Waals surface area (Å²) in [6, 6.07) is 9.31. The van der Waals surface area contributed by atoms with Crippen LogP contribution in [0.1, 0.15) is 5.69 Å². The van der Waals surface area contributed by atoms with Gasteiger partial charge in [0.05, 0.1) is 7.11 Å². The molecule has 0 unspecified atom stereocenters. The first-order chi connectivity index (χ1) is 10.8. The van der Waals surface area contributed by atoms with Gasteiger partial charge in [0, 0.05) is 38.4 Å². The van der Waals surface area contributed by atoms with E-state index in [9.17, 15) is 0 Å². The molecule has 0 N–H and O–H groups in total. The molecule has 0 saturated carbocycles. The second kappa shape index (κ2) is 6.26. The van der Waals surface area contributed by atoms with Crippen LogP contribution in [0, 0.1) is 11.3 Å². The molecule has 0 aromatic carbocycles. The van der Waals surface area contributed by atoms with E-state index in [4.69, 9.17) is 10.00 Å². The monoisotopic (exact) mass is 296 g/mol. The third-order valence-corrected chi connectivity index (χ3v) is 3.56. The molecule has 0 aliphatic carbocycles. The molecule has 22 heavy (non-hydrogen) atoms. The van der Waals surface area contributed by atoms with Crippen LogP contribution in [0.15, 0.2) is 30.5 Å². The molecule has 0 amide bonds. The Hall–Kier alpha value is -2.88. The lowest BCUT2D eigenvalue weighted by Crippen LogP contribution is -2.47. The molecule has 7 heteroatoms. The maximum atomic E-state index is 8.93. The normalized spacial score (nSPS) is 14.5. The zero-order valence-electron chi connectivity index (χ0n) is 12.3. The van der Waals surface area contributed by atoms with E-state index >= 15 is 0 Å².